The number of nitrogens with two attached hydrogens (primary N) is 1. The van der Waals surface area contributed by atoms with E-state index in [0.29, 0.717) is 11.4 Å². The maximum absolute atomic E-state index is 9.15. The number of hydrogen-bond donors (Lipinski definition) is 2. The molecule has 0 saturated carbocycles. The van der Waals surface area contributed by atoms with E-state index >= 15 is 0 Å². The summed E-state index contributed by atoms with van der Waals surface area (Å²) in [5, 5.41) is 9.15. The number of nitrogens with zero attached hydrogens (tertiary/aromatic N) is 2. The number of aromatic nitrogens is 2. The highest BCUT2D eigenvalue weighted by atomic mass is 16.3. The SMILES string of the molecule is Cc1nc(N)nc(C)c1O. The second kappa shape index (κ2) is 2.13. The van der Waals surface area contributed by atoms with Gasteiger partial charge >= 0.3 is 0 Å². The quantitative estimate of drug-likeness (QED) is 0.545. The maximum Gasteiger partial charge on any atom is 0.220 e. The standard InChI is InChI=1S/C6H9N3O/c1-3-5(10)4(2)9-6(7)8-3/h10H,1-2H3,(H2,7,8,9). The molecular weight excluding hydrogens is 130 g/mol. The zero-order valence-corrected chi connectivity index (χ0v) is 5.92. The van der Waals surface area contributed by atoms with Crippen molar-refractivity contribution in [1.82, 2.24) is 9.97 Å². The van der Waals surface area contributed by atoms with Crippen molar-refractivity contribution < 1.29 is 5.11 Å². The van der Waals surface area contributed by atoms with E-state index in [1.54, 1.807) is 13.8 Å². The highest BCUT2D eigenvalue weighted by molar-refractivity contribution is 5.34. The van der Waals surface area contributed by atoms with Gasteiger partial charge in [-0.05, 0) is 13.8 Å². The normalized spacial score (nSPS) is 9.80. The zero-order valence-electron chi connectivity index (χ0n) is 5.92. The highest BCUT2D eigenvalue weighted by Crippen LogP contribution is 2.16. The van der Waals surface area contributed by atoms with Crippen LogP contribution in [0, 0.1) is 13.8 Å². The Morgan fingerprint density at radius 3 is 2.00 bits per heavy atom. The summed E-state index contributed by atoms with van der Waals surface area (Å²) in [6, 6.07) is 0. The molecule has 0 aliphatic carbocycles. The minimum atomic E-state index is 0.120. The molecule has 0 fully saturated rings. The summed E-state index contributed by atoms with van der Waals surface area (Å²) in [6.07, 6.45) is 0. The number of aryl methyl sites for hydroxylation is 2. The first kappa shape index (κ1) is 6.80. The third-order valence-electron chi connectivity index (χ3n) is 1.25. The van der Waals surface area contributed by atoms with Gasteiger partial charge in [0.2, 0.25) is 5.95 Å². The third kappa shape index (κ3) is 1.00. The molecule has 0 spiro atoms. The van der Waals surface area contributed by atoms with E-state index < -0.39 is 0 Å². The van der Waals surface area contributed by atoms with Crippen molar-refractivity contribution in [3.05, 3.63) is 11.4 Å². The fourth-order valence-corrected chi connectivity index (χ4v) is 0.736. The third-order valence-corrected chi connectivity index (χ3v) is 1.25. The van der Waals surface area contributed by atoms with Crippen LogP contribution in [0.4, 0.5) is 5.95 Å². The maximum atomic E-state index is 9.15. The van der Waals surface area contributed by atoms with Gasteiger partial charge in [-0.15, -0.1) is 0 Å². The fourth-order valence-electron chi connectivity index (χ4n) is 0.736. The average molecular weight is 139 g/mol. The molecule has 0 aliphatic heterocycles. The molecule has 0 unspecified atom stereocenters. The molecule has 0 radical (unpaired) electrons. The van der Waals surface area contributed by atoms with E-state index in [4.69, 9.17) is 10.8 Å². The molecule has 1 aromatic rings. The van der Waals surface area contributed by atoms with Crippen LogP contribution in [0.25, 0.3) is 0 Å². The summed E-state index contributed by atoms with van der Waals surface area (Å²) >= 11 is 0. The summed E-state index contributed by atoms with van der Waals surface area (Å²) in [5.74, 6) is 0.321. The van der Waals surface area contributed by atoms with E-state index in [2.05, 4.69) is 9.97 Å². The van der Waals surface area contributed by atoms with Crippen molar-refractivity contribution >= 4 is 5.95 Å². The molecule has 1 rings (SSSR count). The zero-order chi connectivity index (χ0) is 7.72. The summed E-state index contributed by atoms with van der Waals surface area (Å²) in [4.78, 5) is 7.50. The van der Waals surface area contributed by atoms with Crippen LogP contribution in [0.2, 0.25) is 0 Å². The van der Waals surface area contributed by atoms with Crippen LogP contribution in [-0.2, 0) is 0 Å². The molecule has 3 N–H and O–H groups in total. The van der Waals surface area contributed by atoms with Crippen LogP contribution < -0.4 is 5.73 Å². The predicted molar refractivity (Wildman–Crippen MR) is 37.6 cm³/mol. The lowest BCUT2D eigenvalue weighted by atomic mass is 10.3. The molecule has 54 valence electrons. The van der Waals surface area contributed by atoms with Crippen molar-refractivity contribution in [2.75, 3.05) is 5.73 Å². The minimum Gasteiger partial charge on any atom is -0.504 e. The van der Waals surface area contributed by atoms with Crippen molar-refractivity contribution in [3.63, 3.8) is 0 Å². The smallest absolute Gasteiger partial charge is 0.220 e. The summed E-state index contributed by atoms with van der Waals surface area (Å²) in [5.41, 5.74) is 6.33. The molecule has 0 amide bonds. The Morgan fingerprint density at radius 1 is 1.20 bits per heavy atom. The molecular formula is C6H9N3O. The van der Waals surface area contributed by atoms with Crippen molar-refractivity contribution in [3.8, 4) is 5.75 Å². The van der Waals surface area contributed by atoms with Gasteiger partial charge in [0.25, 0.3) is 0 Å². The summed E-state index contributed by atoms with van der Waals surface area (Å²) < 4.78 is 0. The van der Waals surface area contributed by atoms with Gasteiger partial charge in [0.15, 0.2) is 5.75 Å². The first-order chi connectivity index (χ1) is 4.61. The number of anilines is 1. The van der Waals surface area contributed by atoms with Gasteiger partial charge in [0, 0.05) is 0 Å². The van der Waals surface area contributed by atoms with Crippen LogP contribution in [0.3, 0.4) is 0 Å². The minimum absolute atomic E-state index is 0.120. The molecule has 0 atom stereocenters. The van der Waals surface area contributed by atoms with E-state index in [0.717, 1.165) is 0 Å². The Kier molecular flexibility index (Phi) is 1.45. The fraction of sp³-hybridized carbons (Fsp3) is 0.333. The average Bonchev–Trinajstić information content (AvgIpc) is 1.82. The molecule has 0 bridgehead atoms. The van der Waals surface area contributed by atoms with Crippen molar-refractivity contribution in [1.29, 1.82) is 0 Å². The first-order valence-corrected chi connectivity index (χ1v) is 2.91. The van der Waals surface area contributed by atoms with E-state index in [1.807, 2.05) is 0 Å². The Balaban J connectivity index is 3.31. The van der Waals surface area contributed by atoms with Gasteiger partial charge in [0.05, 0.1) is 11.4 Å². The number of hydrogen-bond acceptors (Lipinski definition) is 4. The van der Waals surface area contributed by atoms with Gasteiger partial charge in [-0.2, -0.15) is 0 Å². The van der Waals surface area contributed by atoms with Gasteiger partial charge in [-0.25, -0.2) is 9.97 Å². The molecule has 0 saturated heterocycles. The second-order valence-corrected chi connectivity index (χ2v) is 2.10. The van der Waals surface area contributed by atoms with Gasteiger partial charge in [-0.3, -0.25) is 0 Å². The molecule has 0 aliphatic rings. The predicted octanol–water partition coefficient (Wildman–Crippen LogP) is 0.381. The topological polar surface area (TPSA) is 72.0 Å². The van der Waals surface area contributed by atoms with E-state index in [1.165, 1.54) is 0 Å². The Morgan fingerprint density at radius 2 is 1.60 bits per heavy atom. The van der Waals surface area contributed by atoms with Gasteiger partial charge < -0.3 is 10.8 Å². The van der Waals surface area contributed by atoms with Gasteiger partial charge in [-0.1, -0.05) is 0 Å². The Hall–Kier alpha value is -1.32. The van der Waals surface area contributed by atoms with Crippen LogP contribution in [-0.4, -0.2) is 15.1 Å². The lowest BCUT2D eigenvalue weighted by Crippen LogP contribution is -1.98. The lowest BCUT2D eigenvalue weighted by Gasteiger charge is -2.00. The Labute approximate surface area is 58.7 Å². The number of nitrogen functional groups attached to an aromatic ring is 1. The van der Waals surface area contributed by atoms with E-state index in [-0.39, 0.29) is 11.7 Å². The van der Waals surface area contributed by atoms with Crippen molar-refractivity contribution in [2.45, 2.75) is 13.8 Å². The second-order valence-electron chi connectivity index (χ2n) is 2.10. The molecule has 0 aromatic carbocycles. The summed E-state index contributed by atoms with van der Waals surface area (Å²) in [6.45, 7) is 3.36. The molecule has 1 heterocycles. The number of rotatable bonds is 0. The lowest BCUT2D eigenvalue weighted by molar-refractivity contribution is 0.459. The monoisotopic (exact) mass is 139 g/mol. The van der Waals surface area contributed by atoms with Crippen LogP contribution in [0.15, 0.2) is 0 Å². The molecule has 10 heavy (non-hydrogen) atoms. The van der Waals surface area contributed by atoms with Gasteiger partial charge in [0.1, 0.15) is 0 Å². The number of aromatic hydroxyl groups is 1. The molecule has 4 nitrogen and oxygen atoms in total. The van der Waals surface area contributed by atoms with Crippen LogP contribution >= 0.6 is 0 Å². The van der Waals surface area contributed by atoms with Crippen LogP contribution in [0.5, 0.6) is 5.75 Å². The van der Waals surface area contributed by atoms with Crippen molar-refractivity contribution in [2.24, 2.45) is 0 Å². The molecule has 4 heteroatoms. The Bertz CT molecular complexity index is 236. The molecule has 1 aromatic heterocycles. The summed E-state index contributed by atoms with van der Waals surface area (Å²) in [7, 11) is 0. The highest BCUT2D eigenvalue weighted by Gasteiger charge is 2.02. The van der Waals surface area contributed by atoms with Crippen LogP contribution in [0.1, 0.15) is 11.4 Å². The largest absolute Gasteiger partial charge is 0.504 e. The van der Waals surface area contributed by atoms with E-state index in [9.17, 15) is 0 Å². The first-order valence-electron chi connectivity index (χ1n) is 2.91.